The molecule has 0 aliphatic carbocycles. The lowest BCUT2D eigenvalue weighted by Crippen LogP contribution is -2.19. The highest BCUT2D eigenvalue weighted by atomic mass is 32.2. The van der Waals surface area contributed by atoms with Crippen molar-refractivity contribution in [2.75, 3.05) is 7.11 Å². The van der Waals surface area contributed by atoms with Crippen LogP contribution in [0.1, 0.15) is 10.8 Å². The standard InChI is InChI=1S/C24H20N2O2S/c1-28-18-12-13-19-20(16-8-4-2-5-9-16)15-22(26-21(19)14-18)29-23(24(25)27)17-10-6-3-7-11-17/h2-15,23H,1H3,(H2,25,27). The zero-order chi connectivity index (χ0) is 20.2. The van der Waals surface area contributed by atoms with Gasteiger partial charge in [-0.25, -0.2) is 4.98 Å². The summed E-state index contributed by atoms with van der Waals surface area (Å²) in [6.45, 7) is 0. The number of hydrogen-bond acceptors (Lipinski definition) is 4. The fourth-order valence-electron chi connectivity index (χ4n) is 3.27. The third-order valence-electron chi connectivity index (χ3n) is 4.68. The monoisotopic (exact) mass is 400 g/mol. The molecule has 4 aromatic rings. The number of thioether (sulfide) groups is 1. The van der Waals surface area contributed by atoms with Crippen LogP contribution in [0.3, 0.4) is 0 Å². The molecule has 0 aliphatic rings. The van der Waals surface area contributed by atoms with Crippen molar-refractivity contribution in [2.24, 2.45) is 5.73 Å². The van der Waals surface area contributed by atoms with E-state index in [2.05, 4.69) is 12.1 Å². The number of rotatable bonds is 6. The topological polar surface area (TPSA) is 65.2 Å². The number of carbonyl (C=O) groups is 1. The summed E-state index contributed by atoms with van der Waals surface area (Å²) in [5.74, 6) is 0.343. The van der Waals surface area contributed by atoms with Crippen molar-refractivity contribution < 1.29 is 9.53 Å². The lowest BCUT2D eigenvalue weighted by molar-refractivity contribution is -0.117. The summed E-state index contributed by atoms with van der Waals surface area (Å²) in [7, 11) is 1.64. The molecular formula is C24H20N2O2S. The first-order valence-corrected chi connectivity index (χ1v) is 10.1. The molecule has 0 fully saturated rings. The van der Waals surface area contributed by atoms with E-state index in [1.807, 2.05) is 72.8 Å². The predicted octanol–water partition coefficient (Wildman–Crippen LogP) is 5.23. The minimum atomic E-state index is -0.518. The molecule has 4 rings (SSSR count). The van der Waals surface area contributed by atoms with E-state index in [-0.39, 0.29) is 0 Å². The third-order valence-corrected chi connectivity index (χ3v) is 5.87. The Morgan fingerprint density at radius 1 is 0.966 bits per heavy atom. The van der Waals surface area contributed by atoms with Crippen LogP contribution in [0.2, 0.25) is 0 Å². The number of nitrogens with two attached hydrogens (primary N) is 1. The van der Waals surface area contributed by atoms with Crippen molar-refractivity contribution in [3.63, 3.8) is 0 Å². The Morgan fingerprint density at radius 2 is 1.66 bits per heavy atom. The van der Waals surface area contributed by atoms with Crippen molar-refractivity contribution in [3.05, 3.63) is 90.5 Å². The van der Waals surface area contributed by atoms with Crippen LogP contribution in [0.15, 0.2) is 90.0 Å². The highest BCUT2D eigenvalue weighted by molar-refractivity contribution is 8.00. The van der Waals surface area contributed by atoms with Crippen LogP contribution in [0.4, 0.5) is 0 Å². The van der Waals surface area contributed by atoms with Gasteiger partial charge in [-0.1, -0.05) is 72.4 Å². The molecule has 4 nitrogen and oxygen atoms in total. The maximum atomic E-state index is 12.2. The summed E-state index contributed by atoms with van der Waals surface area (Å²) in [6, 6.07) is 27.6. The molecule has 0 saturated carbocycles. The Balaban J connectivity index is 1.84. The maximum absolute atomic E-state index is 12.2. The first-order valence-electron chi connectivity index (χ1n) is 9.21. The van der Waals surface area contributed by atoms with Crippen molar-refractivity contribution in [3.8, 4) is 16.9 Å². The molecule has 1 atom stereocenters. The van der Waals surface area contributed by atoms with E-state index in [1.165, 1.54) is 11.8 Å². The van der Waals surface area contributed by atoms with Gasteiger partial charge < -0.3 is 10.5 Å². The normalized spacial score (nSPS) is 11.9. The number of aromatic nitrogens is 1. The SMILES string of the molecule is COc1ccc2c(-c3ccccc3)cc(SC(C(N)=O)c3ccccc3)nc2c1. The van der Waals surface area contributed by atoms with Crippen LogP contribution in [0.25, 0.3) is 22.0 Å². The fourth-order valence-corrected chi connectivity index (χ4v) is 4.25. The number of nitrogens with zero attached hydrogens (tertiary/aromatic N) is 1. The molecule has 2 N–H and O–H groups in total. The van der Waals surface area contributed by atoms with Crippen LogP contribution >= 0.6 is 11.8 Å². The molecule has 29 heavy (non-hydrogen) atoms. The molecule has 1 amide bonds. The molecule has 3 aromatic carbocycles. The van der Waals surface area contributed by atoms with E-state index in [0.29, 0.717) is 0 Å². The summed E-state index contributed by atoms with van der Waals surface area (Å²) in [6.07, 6.45) is 0. The first-order chi connectivity index (χ1) is 14.2. The second kappa shape index (κ2) is 8.37. The molecule has 0 aliphatic heterocycles. The van der Waals surface area contributed by atoms with Crippen LogP contribution in [0, 0.1) is 0 Å². The molecule has 0 radical (unpaired) electrons. The molecule has 1 aromatic heterocycles. The van der Waals surface area contributed by atoms with Crippen molar-refractivity contribution in [1.82, 2.24) is 4.98 Å². The number of hydrogen-bond donors (Lipinski definition) is 1. The third kappa shape index (κ3) is 4.10. The number of primary amides is 1. The number of fused-ring (bicyclic) bond motifs is 1. The minimum Gasteiger partial charge on any atom is -0.497 e. The Kier molecular flexibility index (Phi) is 5.49. The molecule has 1 heterocycles. The van der Waals surface area contributed by atoms with E-state index in [0.717, 1.165) is 38.4 Å². The molecule has 0 spiro atoms. The van der Waals surface area contributed by atoms with Crippen molar-refractivity contribution in [2.45, 2.75) is 10.3 Å². The maximum Gasteiger partial charge on any atom is 0.235 e. The fraction of sp³-hybridized carbons (Fsp3) is 0.0833. The number of ether oxygens (including phenoxy) is 1. The predicted molar refractivity (Wildman–Crippen MR) is 118 cm³/mol. The van der Waals surface area contributed by atoms with Gasteiger partial charge in [0.15, 0.2) is 0 Å². The Bertz CT molecular complexity index is 1150. The molecule has 1 unspecified atom stereocenters. The van der Waals surface area contributed by atoms with Gasteiger partial charge in [0.25, 0.3) is 0 Å². The summed E-state index contributed by atoms with van der Waals surface area (Å²) in [4.78, 5) is 17.0. The summed E-state index contributed by atoms with van der Waals surface area (Å²) in [5.41, 5.74) is 9.52. The highest BCUT2D eigenvalue weighted by Crippen LogP contribution is 2.38. The Hall–Kier alpha value is -3.31. The quantitative estimate of drug-likeness (QED) is 0.450. The van der Waals surface area contributed by atoms with Gasteiger partial charge in [0.1, 0.15) is 11.0 Å². The largest absolute Gasteiger partial charge is 0.497 e. The van der Waals surface area contributed by atoms with E-state index >= 15 is 0 Å². The second-order valence-corrected chi connectivity index (χ2v) is 7.69. The molecule has 0 bridgehead atoms. The number of carbonyl (C=O) groups excluding carboxylic acids is 1. The van der Waals surface area contributed by atoms with Gasteiger partial charge in [-0.2, -0.15) is 0 Å². The second-order valence-electron chi connectivity index (χ2n) is 6.57. The van der Waals surface area contributed by atoms with E-state index in [1.54, 1.807) is 7.11 Å². The smallest absolute Gasteiger partial charge is 0.235 e. The average molecular weight is 401 g/mol. The van der Waals surface area contributed by atoms with Gasteiger partial charge in [-0.3, -0.25) is 4.79 Å². The number of pyridine rings is 1. The lowest BCUT2D eigenvalue weighted by atomic mass is 10.0. The van der Waals surface area contributed by atoms with Gasteiger partial charge in [-0.05, 0) is 34.9 Å². The van der Waals surface area contributed by atoms with E-state index < -0.39 is 11.2 Å². The summed E-state index contributed by atoms with van der Waals surface area (Å²) >= 11 is 1.36. The van der Waals surface area contributed by atoms with Crippen molar-refractivity contribution >= 4 is 28.6 Å². The molecule has 144 valence electrons. The minimum absolute atomic E-state index is 0.394. The van der Waals surface area contributed by atoms with Crippen LogP contribution < -0.4 is 10.5 Å². The zero-order valence-electron chi connectivity index (χ0n) is 15.9. The number of methoxy groups -OCH3 is 1. The first kappa shape index (κ1) is 19.0. The average Bonchev–Trinajstić information content (AvgIpc) is 2.77. The lowest BCUT2D eigenvalue weighted by Gasteiger charge is -2.15. The van der Waals surface area contributed by atoms with E-state index in [9.17, 15) is 4.79 Å². The van der Waals surface area contributed by atoms with Gasteiger partial charge in [0.05, 0.1) is 17.7 Å². The molecule has 5 heteroatoms. The van der Waals surface area contributed by atoms with Crippen LogP contribution in [-0.4, -0.2) is 18.0 Å². The highest BCUT2D eigenvalue weighted by Gasteiger charge is 2.21. The van der Waals surface area contributed by atoms with Gasteiger partial charge in [0.2, 0.25) is 5.91 Å². The Labute approximate surface area is 173 Å². The van der Waals surface area contributed by atoms with Crippen LogP contribution in [0.5, 0.6) is 5.75 Å². The van der Waals surface area contributed by atoms with Crippen LogP contribution in [-0.2, 0) is 4.79 Å². The van der Waals surface area contributed by atoms with E-state index in [4.69, 9.17) is 15.5 Å². The van der Waals surface area contributed by atoms with Gasteiger partial charge in [0, 0.05) is 11.5 Å². The molecule has 0 saturated heterocycles. The number of amides is 1. The summed E-state index contributed by atoms with van der Waals surface area (Å²) < 4.78 is 5.38. The van der Waals surface area contributed by atoms with Crippen molar-refractivity contribution in [1.29, 1.82) is 0 Å². The van der Waals surface area contributed by atoms with Gasteiger partial charge >= 0.3 is 0 Å². The van der Waals surface area contributed by atoms with Gasteiger partial charge in [-0.15, -0.1) is 0 Å². The Morgan fingerprint density at radius 3 is 2.31 bits per heavy atom. The molecular weight excluding hydrogens is 380 g/mol. The summed E-state index contributed by atoms with van der Waals surface area (Å²) in [5, 5.41) is 1.24. The number of benzene rings is 3. The zero-order valence-corrected chi connectivity index (χ0v) is 16.7.